The number of nitrogens with zero attached hydrogens (tertiary/aromatic N) is 5. The van der Waals surface area contributed by atoms with Gasteiger partial charge in [-0.25, -0.2) is 18.8 Å². The van der Waals surface area contributed by atoms with Crippen LogP contribution < -0.4 is 0 Å². The van der Waals surface area contributed by atoms with E-state index in [9.17, 15) is 13.6 Å². The summed E-state index contributed by atoms with van der Waals surface area (Å²) < 4.78 is 31.7. The van der Waals surface area contributed by atoms with Crippen LogP contribution in [0.1, 0.15) is 78.2 Å². The Morgan fingerprint density at radius 1 is 1.26 bits per heavy atom. The van der Waals surface area contributed by atoms with E-state index in [-0.39, 0.29) is 31.1 Å². The SMILES string of the molecule is Cc1nnc(CC(=O)/N=C/C2CCC(CCN3CCc4sc(C5CC(F)(F)C5)nc4C3)CC2)o1. The highest BCUT2D eigenvalue weighted by molar-refractivity contribution is 7.11. The zero-order chi connectivity index (χ0) is 23.7. The first-order valence-corrected chi connectivity index (χ1v) is 13.1. The molecule has 3 aliphatic rings. The molecule has 184 valence electrons. The summed E-state index contributed by atoms with van der Waals surface area (Å²) in [5, 5.41) is 8.48. The van der Waals surface area contributed by atoms with Crippen LogP contribution in [0.25, 0.3) is 0 Å². The average Bonchev–Trinajstić information content (AvgIpc) is 3.40. The molecule has 2 fully saturated rings. The number of amides is 1. The van der Waals surface area contributed by atoms with E-state index in [0.29, 0.717) is 23.6 Å². The molecule has 2 aromatic rings. The molecule has 2 saturated carbocycles. The molecule has 10 heteroatoms. The molecule has 2 aliphatic carbocycles. The molecule has 0 saturated heterocycles. The van der Waals surface area contributed by atoms with E-state index in [1.54, 1.807) is 18.3 Å². The Balaban J connectivity index is 1.02. The summed E-state index contributed by atoms with van der Waals surface area (Å²) in [4.78, 5) is 24.6. The summed E-state index contributed by atoms with van der Waals surface area (Å²) in [6.07, 6.45) is 8.37. The first-order chi connectivity index (χ1) is 16.3. The number of carbonyl (C=O) groups excluding carboxylic acids is 1. The normalized spacial score (nSPS) is 25.4. The summed E-state index contributed by atoms with van der Waals surface area (Å²) in [6, 6.07) is 0. The second kappa shape index (κ2) is 9.89. The Hall–Kier alpha value is -2.07. The lowest BCUT2D eigenvalue weighted by atomic mass is 9.81. The van der Waals surface area contributed by atoms with E-state index in [1.165, 1.54) is 11.3 Å². The molecule has 0 bridgehead atoms. The highest BCUT2D eigenvalue weighted by Gasteiger charge is 2.47. The Labute approximate surface area is 202 Å². The van der Waals surface area contributed by atoms with E-state index >= 15 is 0 Å². The molecule has 5 rings (SSSR count). The number of aromatic nitrogens is 3. The molecular formula is C24H31F2N5O2S. The van der Waals surface area contributed by atoms with Gasteiger partial charge in [0.05, 0.1) is 10.7 Å². The molecule has 0 radical (unpaired) electrons. The molecule has 2 aromatic heterocycles. The average molecular weight is 492 g/mol. The predicted octanol–water partition coefficient (Wildman–Crippen LogP) is 4.74. The van der Waals surface area contributed by atoms with E-state index in [1.807, 2.05) is 6.21 Å². The van der Waals surface area contributed by atoms with Crippen LogP contribution >= 0.6 is 11.3 Å². The quantitative estimate of drug-likeness (QED) is 0.520. The molecule has 0 aromatic carbocycles. The van der Waals surface area contributed by atoms with Gasteiger partial charge in [-0.05, 0) is 56.9 Å². The van der Waals surface area contributed by atoms with Gasteiger partial charge in [0.15, 0.2) is 0 Å². The Bertz CT molecular complexity index is 1040. The van der Waals surface area contributed by atoms with E-state index < -0.39 is 5.92 Å². The highest BCUT2D eigenvalue weighted by Crippen LogP contribution is 2.49. The van der Waals surface area contributed by atoms with E-state index in [2.05, 4.69) is 20.1 Å². The molecule has 1 amide bonds. The zero-order valence-electron chi connectivity index (χ0n) is 19.5. The second-order valence-electron chi connectivity index (χ2n) is 10.0. The highest BCUT2D eigenvalue weighted by atomic mass is 32.1. The van der Waals surface area contributed by atoms with Crippen molar-refractivity contribution >= 4 is 23.5 Å². The molecule has 0 spiro atoms. The fraction of sp³-hybridized carbons (Fsp3) is 0.708. The number of fused-ring (bicyclic) bond motifs is 1. The smallest absolute Gasteiger partial charge is 0.254 e. The number of rotatable bonds is 7. The summed E-state index contributed by atoms with van der Waals surface area (Å²) in [5.74, 6) is -0.958. The number of thiazole rings is 1. The number of hydrogen-bond donors (Lipinski definition) is 0. The lowest BCUT2D eigenvalue weighted by Crippen LogP contribution is -2.33. The van der Waals surface area contributed by atoms with Crippen LogP contribution in [0.2, 0.25) is 0 Å². The van der Waals surface area contributed by atoms with Gasteiger partial charge >= 0.3 is 0 Å². The maximum atomic E-state index is 13.2. The first kappa shape index (κ1) is 23.7. The monoisotopic (exact) mass is 491 g/mol. The van der Waals surface area contributed by atoms with Crippen LogP contribution in [0.5, 0.6) is 0 Å². The van der Waals surface area contributed by atoms with Crippen molar-refractivity contribution in [2.45, 2.75) is 83.1 Å². The van der Waals surface area contributed by atoms with Gasteiger partial charge in [-0.2, -0.15) is 0 Å². The lowest BCUT2D eigenvalue weighted by molar-refractivity contribution is -0.117. The first-order valence-electron chi connectivity index (χ1n) is 12.3. The third-order valence-electron chi connectivity index (χ3n) is 7.31. The van der Waals surface area contributed by atoms with Crippen LogP contribution in [0.15, 0.2) is 9.41 Å². The van der Waals surface area contributed by atoms with Gasteiger partial charge < -0.3 is 4.42 Å². The van der Waals surface area contributed by atoms with Gasteiger partial charge in [0.1, 0.15) is 6.42 Å². The van der Waals surface area contributed by atoms with Gasteiger partial charge in [-0.1, -0.05) is 0 Å². The van der Waals surface area contributed by atoms with Crippen molar-refractivity contribution in [3.05, 3.63) is 27.4 Å². The Kier molecular flexibility index (Phi) is 6.88. The number of halogens is 2. The van der Waals surface area contributed by atoms with Crippen molar-refractivity contribution in [1.29, 1.82) is 0 Å². The maximum Gasteiger partial charge on any atom is 0.254 e. The van der Waals surface area contributed by atoms with Crippen LogP contribution in [-0.2, 0) is 24.2 Å². The molecule has 34 heavy (non-hydrogen) atoms. The van der Waals surface area contributed by atoms with Gasteiger partial charge in [0.25, 0.3) is 5.91 Å². The van der Waals surface area contributed by atoms with Gasteiger partial charge in [-0.15, -0.1) is 21.5 Å². The Morgan fingerprint density at radius 2 is 2.06 bits per heavy atom. The van der Waals surface area contributed by atoms with Gasteiger partial charge in [-0.3, -0.25) is 9.69 Å². The number of alkyl halides is 2. The number of aliphatic imine (C=N–C) groups is 1. The van der Waals surface area contributed by atoms with Crippen LogP contribution in [0.3, 0.4) is 0 Å². The fourth-order valence-corrected chi connectivity index (χ4v) is 6.40. The van der Waals surface area contributed by atoms with Gasteiger partial charge in [0.2, 0.25) is 17.7 Å². The molecule has 1 aliphatic heterocycles. The molecule has 7 nitrogen and oxygen atoms in total. The third kappa shape index (κ3) is 5.76. The molecule has 0 N–H and O–H groups in total. The largest absolute Gasteiger partial charge is 0.425 e. The van der Waals surface area contributed by atoms with E-state index in [0.717, 1.165) is 62.4 Å². The summed E-state index contributed by atoms with van der Waals surface area (Å²) >= 11 is 1.66. The third-order valence-corrected chi connectivity index (χ3v) is 8.63. The predicted molar refractivity (Wildman–Crippen MR) is 124 cm³/mol. The lowest BCUT2D eigenvalue weighted by Gasteiger charge is -2.33. The van der Waals surface area contributed by atoms with Crippen LogP contribution in [0, 0.1) is 18.8 Å². The van der Waals surface area contributed by atoms with E-state index in [4.69, 9.17) is 9.40 Å². The maximum absolute atomic E-state index is 13.2. The summed E-state index contributed by atoms with van der Waals surface area (Å²) in [6.45, 7) is 4.62. The van der Waals surface area contributed by atoms with Crippen LogP contribution in [0.4, 0.5) is 8.78 Å². The minimum Gasteiger partial charge on any atom is -0.425 e. The van der Waals surface area contributed by atoms with Crippen molar-refractivity contribution in [3.8, 4) is 0 Å². The number of carbonyl (C=O) groups is 1. The second-order valence-corrected chi connectivity index (χ2v) is 11.2. The van der Waals surface area contributed by atoms with Crippen molar-refractivity contribution < 1.29 is 18.0 Å². The minimum atomic E-state index is -2.49. The van der Waals surface area contributed by atoms with Crippen molar-refractivity contribution in [1.82, 2.24) is 20.1 Å². The fourth-order valence-electron chi connectivity index (χ4n) is 5.24. The molecular weight excluding hydrogens is 460 g/mol. The summed E-state index contributed by atoms with van der Waals surface area (Å²) in [5.41, 5.74) is 1.11. The van der Waals surface area contributed by atoms with Crippen LogP contribution in [-0.4, -0.2) is 51.2 Å². The number of hydrogen-bond acceptors (Lipinski definition) is 7. The minimum absolute atomic E-state index is 0.0387. The molecule has 0 atom stereocenters. The van der Waals surface area contributed by atoms with Crippen molar-refractivity contribution in [3.63, 3.8) is 0 Å². The van der Waals surface area contributed by atoms with Crippen molar-refractivity contribution in [2.24, 2.45) is 16.8 Å². The number of aryl methyl sites for hydroxylation is 1. The standard InChI is InChI=1S/C24H31F2N5O2S/c1-15-29-30-22(33-15)10-21(32)27-13-17-4-2-16(3-5-17)6-8-31-9-7-20-19(14-31)28-23(34-20)18-11-24(25,26)12-18/h13,16-18H,2-12,14H2,1H3/b27-13+. The van der Waals surface area contributed by atoms with Gasteiger partial charge in [0, 0.05) is 49.9 Å². The Morgan fingerprint density at radius 3 is 2.76 bits per heavy atom. The molecule has 3 heterocycles. The molecule has 0 unspecified atom stereocenters. The topological polar surface area (TPSA) is 84.5 Å². The zero-order valence-corrected chi connectivity index (χ0v) is 20.3. The van der Waals surface area contributed by atoms with Crippen molar-refractivity contribution in [2.75, 3.05) is 13.1 Å². The summed E-state index contributed by atoms with van der Waals surface area (Å²) in [7, 11) is 0.